The number of thiol groups is 1. The Morgan fingerprint density at radius 1 is 1.36 bits per heavy atom. The van der Waals surface area contributed by atoms with Crippen LogP contribution in [0.2, 0.25) is 0 Å². The summed E-state index contributed by atoms with van der Waals surface area (Å²) in [5.74, 6) is -0.614. The van der Waals surface area contributed by atoms with Gasteiger partial charge < -0.3 is 5.32 Å². The Balaban J connectivity index is 2.76. The molecule has 1 amide bonds. The van der Waals surface area contributed by atoms with Crippen LogP contribution in [0.5, 0.6) is 0 Å². The van der Waals surface area contributed by atoms with Crippen molar-refractivity contribution in [2.75, 3.05) is 0 Å². The summed E-state index contributed by atoms with van der Waals surface area (Å²) in [6, 6.07) is 5.37. The van der Waals surface area contributed by atoms with E-state index in [1.165, 1.54) is 24.3 Å². The molecule has 0 unspecified atom stereocenters. The van der Waals surface area contributed by atoms with E-state index < -0.39 is 4.87 Å². The smallest absolute Gasteiger partial charge is 0.252 e. The first kappa shape index (κ1) is 11.0. The summed E-state index contributed by atoms with van der Waals surface area (Å²) in [4.78, 5) is 10.9. The Morgan fingerprint density at radius 3 is 2.29 bits per heavy atom. The summed E-state index contributed by atoms with van der Waals surface area (Å²) < 4.78 is 12.5. The van der Waals surface area contributed by atoms with Crippen LogP contribution in [0.15, 0.2) is 24.3 Å². The molecule has 14 heavy (non-hydrogen) atoms. The molecule has 0 radical (unpaired) electrons. The fraction of sp³-hybridized carbons (Fsp3) is 0.300. The molecule has 1 aromatic rings. The number of carbonyl (C=O) groups excluding carboxylic acids is 1. The van der Waals surface area contributed by atoms with Crippen LogP contribution in [0.4, 0.5) is 4.39 Å². The highest BCUT2D eigenvalue weighted by Crippen LogP contribution is 2.09. The second kappa shape index (κ2) is 4.00. The third-order valence-corrected chi connectivity index (χ3v) is 1.64. The first-order valence-corrected chi connectivity index (χ1v) is 4.64. The fourth-order valence-electron chi connectivity index (χ4n) is 0.951. The van der Waals surface area contributed by atoms with E-state index in [0.29, 0.717) is 5.56 Å². The largest absolute Gasteiger partial charge is 0.338 e. The lowest BCUT2D eigenvalue weighted by Gasteiger charge is -2.19. The lowest BCUT2D eigenvalue weighted by atomic mass is 10.2. The van der Waals surface area contributed by atoms with Crippen molar-refractivity contribution in [2.24, 2.45) is 0 Å². The minimum absolute atomic E-state index is 0.259. The topological polar surface area (TPSA) is 29.1 Å². The van der Waals surface area contributed by atoms with Crippen molar-refractivity contribution in [3.8, 4) is 0 Å². The maximum atomic E-state index is 12.5. The van der Waals surface area contributed by atoms with E-state index in [2.05, 4.69) is 17.9 Å². The number of amides is 1. The van der Waals surface area contributed by atoms with Gasteiger partial charge in [0.05, 0.1) is 4.87 Å². The number of benzene rings is 1. The van der Waals surface area contributed by atoms with Gasteiger partial charge in [-0.3, -0.25) is 4.79 Å². The quantitative estimate of drug-likeness (QED) is 0.572. The van der Waals surface area contributed by atoms with Crippen molar-refractivity contribution >= 4 is 18.5 Å². The Kier molecular flexibility index (Phi) is 3.16. The van der Waals surface area contributed by atoms with Crippen LogP contribution < -0.4 is 5.32 Å². The summed E-state index contributed by atoms with van der Waals surface area (Å²) >= 11 is 4.16. The first-order valence-electron chi connectivity index (χ1n) is 4.19. The van der Waals surface area contributed by atoms with Gasteiger partial charge in [0.2, 0.25) is 0 Å². The van der Waals surface area contributed by atoms with Gasteiger partial charge in [0.1, 0.15) is 5.82 Å². The minimum Gasteiger partial charge on any atom is -0.338 e. The molecule has 0 bridgehead atoms. The van der Waals surface area contributed by atoms with E-state index >= 15 is 0 Å². The van der Waals surface area contributed by atoms with Crippen LogP contribution in [0.25, 0.3) is 0 Å². The summed E-state index contributed by atoms with van der Waals surface area (Å²) in [6.45, 7) is 3.52. The molecular weight excluding hydrogens is 201 g/mol. The second-order valence-electron chi connectivity index (χ2n) is 3.52. The third-order valence-electron chi connectivity index (χ3n) is 1.53. The molecule has 0 saturated carbocycles. The van der Waals surface area contributed by atoms with Gasteiger partial charge in [-0.05, 0) is 38.1 Å². The van der Waals surface area contributed by atoms with Gasteiger partial charge in [-0.25, -0.2) is 4.39 Å². The van der Waals surface area contributed by atoms with E-state index in [1.54, 1.807) is 13.8 Å². The first-order chi connectivity index (χ1) is 6.38. The molecule has 0 saturated heterocycles. The van der Waals surface area contributed by atoms with E-state index in [-0.39, 0.29) is 11.7 Å². The molecule has 0 aliphatic rings. The summed E-state index contributed by atoms with van der Waals surface area (Å²) in [6.07, 6.45) is 0. The van der Waals surface area contributed by atoms with Crippen molar-refractivity contribution in [3.05, 3.63) is 35.6 Å². The lowest BCUT2D eigenvalue weighted by Crippen LogP contribution is -2.38. The highest BCUT2D eigenvalue weighted by molar-refractivity contribution is 7.81. The molecule has 0 aliphatic carbocycles. The van der Waals surface area contributed by atoms with Gasteiger partial charge in [-0.1, -0.05) is 0 Å². The molecular formula is C10H12FNOS. The number of nitrogens with one attached hydrogen (secondary N) is 1. The molecule has 0 aromatic heterocycles. The zero-order chi connectivity index (χ0) is 10.8. The normalized spacial score (nSPS) is 11.1. The molecule has 0 aliphatic heterocycles. The van der Waals surface area contributed by atoms with Crippen LogP contribution >= 0.6 is 12.6 Å². The van der Waals surface area contributed by atoms with Gasteiger partial charge in [0.15, 0.2) is 0 Å². The zero-order valence-electron chi connectivity index (χ0n) is 8.04. The standard InChI is InChI=1S/C10H12FNOS/c1-10(2,14)12-9(13)7-3-5-8(11)6-4-7/h3-6,14H,1-2H3,(H,12,13). The fourth-order valence-corrected chi connectivity index (χ4v) is 1.05. The molecule has 0 fully saturated rings. The summed E-state index contributed by atoms with van der Waals surface area (Å²) in [7, 11) is 0. The van der Waals surface area contributed by atoms with E-state index in [9.17, 15) is 9.18 Å². The van der Waals surface area contributed by atoms with Crippen LogP contribution in [0.1, 0.15) is 24.2 Å². The average molecular weight is 213 g/mol. The Hall–Kier alpha value is -1.03. The van der Waals surface area contributed by atoms with Crippen molar-refractivity contribution in [1.29, 1.82) is 0 Å². The molecule has 1 aromatic carbocycles. The highest BCUT2D eigenvalue weighted by Gasteiger charge is 2.15. The molecule has 4 heteroatoms. The Labute approximate surface area is 87.9 Å². The van der Waals surface area contributed by atoms with Crippen molar-refractivity contribution in [2.45, 2.75) is 18.7 Å². The van der Waals surface area contributed by atoms with Gasteiger partial charge in [0, 0.05) is 5.56 Å². The number of carbonyl (C=O) groups is 1. The van der Waals surface area contributed by atoms with Crippen molar-refractivity contribution < 1.29 is 9.18 Å². The number of halogens is 1. The Morgan fingerprint density at radius 2 is 1.86 bits per heavy atom. The maximum absolute atomic E-state index is 12.5. The van der Waals surface area contributed by atoms with E-state index in [0.717, 1.165) is 0 Å². The number of hydrogen-bond acceptors (Lipinski definition) is 2. The average Bonchev–Trinajstić information content (AvgIpc) is 2.02. The van der Waals surface area contributed by atoms with E-state index in [1.807, 2.05) is 0 Å². The SMILES string of the molecule is CC(C)(S)NC(=O)c1ccc(F)cc1. The highest BCUT2D eigenvalue weighted by atomic mass is 32.1. The predicted molar refractivity (Wildman–Crippen MR) is 56.9 cm³/mol. The minimum atomic E-state index is -0.578. The number of rotatable bonds is 2. The monoisotopic (exact) mass is 213 g/mol. The van der Waals surface area contributed by atoms with Gasteiger partial charge in [-0.2, -0.15) is 12.6 Å². The molecule has 1 rings (SSSR count). The van der Waals surface area contributed by atoms with Gasteiger partial charge >= 0.3 is 0 Å². The molecule has 2 nitrogen and oxygen atoms in total. The second-order valence-corrected chi connectivity index (χ2v) is 4.64. The molecule has 76 valence electrons. The maximum Gasteiger partial charge on any atom is 0.252 e. The lowest BCUT2D eigenvalue weighted by molar-refractivity contribution is 0.0937. The van der Waals surface area contributed by atoms with Gasteiger partial charge in [0.25, 0.3) is 5.91 Å². The zero-order valence-corrected chi connectivity index (χ0v) is 8.94. The summed E-state index contributed by atoms with van der Waals surface area (Å²) in [5.41, 5.74) is 0.425. The van der Waals surface area contributed by atoms with E-state index in [4.69, 9.17) is 0 Å². The summed E-state index contributed by atoms with van der Waals surface area (Å²) in [5, 5.41) is 2.66. The van der Waals surface area contributed by atoms with Crippen LogP contribution in [-0.2, 0) is 0 Å². The van der Waals surface area contributed by atoms with Crippen LogP contribution in [0, 0.1) is 5.82 Å². The number of hydrogen-bond donors (Lipinski definition) is 2. The third kappa shape index (κ3) is 3.38. The van der Waals surface area contributed by atoms with Crippen LogP contribution in [-0.4, -0.2) is 10.8 Å². The Bertz CT molecular complexity index is 329. The van der Waals surface area contributed by atoms with Crippen molar-refractivity contribution in [1.82, 2.24) is 5.32 Å². The van der Waals surface area contributed by atoms with Gasteiger partial charge in [-0.15, -0.1) is 0 Å². The van der Waals surface area contributed by atoms with Crippen molar-refractivity contribution in [3.63, 3.8) is 0 Å². The molecule has 1 N–H and O–H groups in total. The molecule has 0 spiro atoms. The molecule has 0 heterocycles. The molecule has 0 atom stereocenters. The van der Waals surface area contributed by atoms with Crippen LogP contribution in [0.3, 0.4) is 0 Å². The predicted octanol–water partition coefficient (Wildman–Crippen LogP) is 2.22.